The molecular weight excluding hydrogens is 274 g/mol. The summed E-state index contributed by atoms with van der Waals surface area (Å²) in [7, 11) is 0. The number of hydrogen-bond donors (Lipinski definition) is 1. The average Bonchev–Trinajstić information content (AvgIpc) is 2.92. The first-order valence-corrected chi connectivity index (χ1v) is 8.00. The Balaban J connectivity index is 1.57. The van der Waals surface area contributed by atoms with Crippen LogP contribution in [0.4, 0.5) is 0 Å². The summed E-state index contributed by atoms with van der Waals surface area (Å²) in [5.41, 5.74) is 3.05. The zero-order chi connectivity index (χ0) is 15.0. The van der Waals surface area contributed by atoms with Crippen molar-refractivity contribution < 1.29 is 9.47 Å². The van der Waals surface area contributed by atoms with E-state index in [-0.39, 0.29) is 5.41 Å². The quantitative estimate of drug-likeness (QED) is 0.919. The first-order valence-electron chi connectivity index (χ1n) is 8.00. The van der Waals surface area contributed by atoms with Crippen LogP contribution in [0.25, 0.3) is 0 Å². The van der Waals surface area contributed by atoms with Gasteiger partial charge in [0.2, 0.25) is 0 Å². The molecule has 1 saturated heterocycles. The third-order valence-electron chi connectivity index (χ3n) is 4.96. The predicted octanol–water partition coefficient (Wildman–Crippen LogP) is 3.10. The first-order chi connectivity index (χ1) is 10.8. The second-order valence-corrected chi connectivity index (χ2v) is 6.10. The van der Waals surface area contributed by atoms with E-state index < -0.39 is 0 Å². The molecule has 3 heteroatoms. The molecule has 2 atom stereocenters. The summed E-state index contributed by atoms with van der Waals surface area (Å²) < 4.78 is 11.8. The van der Waals surface area contributed by atoms with E-state index in [1.165, 1.54) is 11.1 Å². The van der Waals surface area contributed by atoms with Crippen LogP contribution in [-0.2, 0) is 5.41 Å². The molecule has 0 bridgehead atoms. The Bertz CT molecular complexity index is 685. The van der Waals surface area contributed by atoms with Crippen LogP contribution in [0.2, 0.25) is 0 Å². The number of nitrogens with one attached hydrogen (secondary N) is 1. The van der Waals surface area contributed by atoms with Gasteiger partial charge in [0, 0.05) is 19.0 Å². The fourth-order valence-electron chi connectivity index (χ4n) is 3.91. The van der Waals surface area contributed by atoms with Gasteiger partial charge in [-0.1, -0.05) is 36.4 Å². The van der Waals surface area contributed by atoms with Gasteiger partial charge in [-0.25, -0.2) is 0 Å². The fourth-order valence-corrected chi connectivity index (χ4v) is 3.91. The monoisotopic (exact) mass is 295 g/mol. The molecule has 0 aromatic heterocycles. The molecular formula is C19H21NO2. The van der Waals surface area contributed by atoms with Gasteiger partial charge in [-0.2, -0.15) is 0 Å². The highest BCUT2D eigenvalue weighted by molar-refractivity contribution is 5.53. The molecule has 1 aliphatic carbocycles. The third kappa shape index (κ3) is 1.92. The van der Waals surface area contributed by atoms with E-state index in [0.717, 1.165) is 24.6 Å². The zero-order valence-electron chi connectivity index (χ0n) is 12.8. The van der Waals surface area contributed by atoms with Crippen LogP contribution < -0.4 is 14.8 Å². The van der Waals surface area contributed by atoms with Gasteiger partial charge in [0.25, 0.3) is 0 Å². The Kier molecular flexibility index (Phi) is 3.30. The van der Waals surface area contributed by atoms with Crippen molar-refractivity contribution in [1.29, 1.82) is 0 Å². The SMILES string of the molecule is CCOc1ccccc1OC[C@@]12CNC[C@@H]1c1ccccc12. The molecule has 114 valence electrons. The molecule has 2 aliphatic rings. The molecule has 0 amide bonds. The van der Waals surface area contributed by atoms with Gasteiger partial charge >= 0.3 is 0 Å². The summed E-state index contributed by atoms with van der Waals surface area (Å²) in [6, 6.07) is 16.7. The van der Waals surface area contributed by atoms with E-state index in [9.17, 15) is 0 Å². The van der Waals surface area contributed by atoms with Crippen LogP contribution in [0.15, 0.2) is 48.5 Å². The zero-order valence-corrected chi connectivity index (χ0v) is 12.8. The van der Waals surface area contributed by atoms with Gasteiger partial charge in [-0.3, -0.25) is 0 Å². The van der Waals surface area contributed by atoms with E-state index in [1.807, 2.05) is 31.2 Å². The lowest BCUT2D eigenvalue weighted by Crippen LogP contribution is -2.48. The molecule has 2 aromatic rings. The van der Waals surface area contributed by atoms with Crippen molar-refractivity contribution in [1.82, 2.24) is 5.32 Å². The van der Waals surface area contributed by atoms with Crippen LogP contribution in [0.1, 0.15) is 24.0 Å². The van der Waals surface area contributed by atoms with Crippen LogP contribution in [0.5, 0.6) is 11.5 Å². The van der Waals surface area contributed by atoms with Crippen molar-refractivity contribution >= 4 is 0 Å². The highest BCUT2D eigenvalue weighted by Crippen LogP contribution is 2.53. The largest absolute Gasteiger partial charge is 0.490 e. The smallest absolute Gasteiger partial charge is 0.161 e. The third-order valence-corrected chi connectivity index (χ3v) is 4.96. The molecule has 1 aliphatic heterocycles. The van der Waals surface area contributed by atoms with E-state index in [4.69, 9.17) is 9.47 Å². The minimum atomic E-state index is 0.121. The Hall–Kier alpha value is -2.00. The van der Waals surface area contributed by atoms with Crippen LogP contribution in [-0.4, -0.2) is 26.3 Å². The van der Waals surface area contributed by atoms with Crippen molar-refractivity contribution in [3.63, 3.8) is 0 Å². The Morgan fingerprint density at radius 2 is 1.77 bits per heavy atom. The lowest BCUT2D eigenvalue weighted by molar-refractivity contribution is 0.182. The van der Waals surface area contributed by atoms with Crippen LogP contribution in [0, 0.1) is 0 Å². The van der Waals surface area contributed by atoms with Crippen molar-refractivity contribution in [3.8, 4) is 11.5 Å². The number of para-hydroxylation sites is 2. The summed E-state index contributed by atoms with van der Waals surface area (Å²) >= 11 is 0. The number of ether oxygens (including phenoxy) is 2. The maximum Gasteiger partial charge on any atom is 0.161 e. The summed E-state index contributed by atoms with van der Waals surface area (Å²) in [5, 5.41) is 3.54. The molecule has 0 spiro atoms. The maximum atomic E-state index is 6.19. The van der Waals surface area contributed by atoms with Gasteiger partial charge in [-0.15, -0.1) is 0 Å². The van der Waals surface area contributed by atoms with Crippen molar-refractivity contribution in [2.45, 2.75) is 18.3 Å². The van der Waals surface area contributed by atoms with Gasteiger partial charge in [0.1, 0.15) is 0 Å². The van der Waals surface area contributed by atoms with E-state index in [0.29, 0.717) is 19.1 Å². The van der Waals surface area contributed by atoms with Crippen molar-refractivity contribution in [2.24, 2.45) is 0 Å². The normalized spacial score (nSPS) is 25.0. The Morgan fingerprint density at radius 1 is 1.05 bits per heavy atom. The minimum absolute atomic E-state index is 0.121. The van der Waals surface area contributed by atoms with Gasteiger partial charge in [0.15, 0.2) is 11.5 Å². The Morgan fingerprint density at radius 3 is 2.59 bits per heavy atom. The number of rotatable bonds is 5. The second-order valence-electron chi connectivity index (χ2n) is 6.10. The molecule has 0 saturated carbocycles. The summed E-state index contributed by atoms with van der Waals surface area (Å²) in [6.45, 7) is 5.39. The van der Waals surface area contributed by atoms with Gasteiger partial charge in [0.05, 0.1) is 18.6 Å². The van der Waals surface area contributed by atoms with E-state index in [1.54, 1.807) is 0 Å². The predicted molar refractivity (Wildman–Crippen MR) is 86.8 cm³/mol. The number of benzene rings is 2. The van der Waals surface area contributed by atoms with E-state index >= 15 is 0 Å². The second kappa shape index (κ2) is 5.33. The van der Waals surface area contributed by atoms with Crippen molar-refractivity contribution in [3.05, 3.63) is 59.7 Å². The number of hydrogen-bond acceptors (Lipinski definition) is 3. The molecule has 22 heavy (non-hydrogen) atoms. The van der Waals surface area contributed by atoms with Crippen molar-refractivity contribution in [2.75, 3.05) is 26.3 Å². The van der Waals surface area contributed by atoms with Crippen LogP contribution >= 0.6 is 0 Å². The Labute approximate surface area is 131 Å². The lowest BCUT2D eigenvalue weighted by atomic mass is 9.58. The van der Waals surface area contributed by atoms with Gasteiger partial charge < -0.3 is 14.8 Å². The topological polar surface area (TPSA) is 30.5 Å². The summed E-state index contributed by atoms with van der Waals surface area (Å²) in [5.74, 6) is 2.24. The molecule has 3 nitrogen and oxygen atoms in total. The molecule has 1 N–H and O–H groups in total. The average molecular weight is 295 g/mol. The highest BCUT2D eigenvalue weighted by Gasteiger charge is 2.55. The standard InChI is InChI=1S/C19H21NO2/c1-2-21-17-9-5-6-10-18(17)22-13-19-12-20-11-16(19)14-7-3-4-8-15(14)19/h3-10,16,20H,2,11-13H2,1H3/t16-,19-/m1/s1. The molecule has 2 aromatic carbocycles. The fraction of sp³-hybridized carbons (Fsp3) is 0.368. The summed E-state index contributed by atoms with van der Waals surface area (Å²) in [4.78, 5) is 0. The van der Waals surface area contributed by atoms with Crippen LogP contribution in [0.3, 0.4) is 0 Å². The molecule has 4 rings (SSSR count). The maximum absolute atomic E-state index is 6.19. The molecule has 1 heterocycles. The number of fused-ring (bicyclic) bond motifs is 4. The van der Waals surface area contributed by atoms with Gasteiger partial charge in [-0.05, 0) is 30.2 Å². The lowest BCUT2D eigenvalue weighted by Gasteiger charge is -2.46. The molecule has 1 fully saturated rings. The summed E-state index contributed by atoms with van der Waals surface area (Å²) in [6.07, 6.45) is 0. The molecule has 0 radical (unpaired) electrons. The first kappa shape index (κ1) is 13.6. The minimum Gasteiger partial charge on any atom is -0.490 e. The highest BCUT2D eigenvalue weighted by atomic mass is 16.5. The molecule has 0 unspecified atom stereocenters. The van der Waals surface area contributed by atoms with E-state index in [2.05, 4.69) is 29.6 Å².